The average Bonchev–Trinajstić information content (AvgIpc) is 2.69. The van der Waals surface area contributed by atoms with E-state index in [0.717, 1.165) is 27.8 Å². The Hall–Kier alpha value is -2.87. The Morgan fingerprint density at radius 2 is 1.46 bits per heavy atom. The first-order valence-corrected chi connectivity index (χ1v) is 9.02. The van der Waals surface area contributed by atoms with Gasteiger partial charge in [-0.2, -0.15) is 0 Å². The van der Waals surface area contributed by atoms with Gasteiger partial charge in [0.25, 0.3) is 0 Å². The minimum absolute atomic E-state index is 0.294. The minimum atomic E-state index is -0.465. The minimum Gasteiger partial charge on any atom is -0.507 e. The van der Waals surface area contributed by atoms with Crippen LogP contribution in [-0.4, -0.2) is 17.9 Å². The van der Waals surface area contributed by atoms with Crippen LogP contribution >= 0.6 is 0 Å². The maximum Gasteiger partial charge on any atom is 0.128 e. The van der Waals surface area contributed by atoms with Crippen LogP contribution in [0.1, 0.15) is 41.7 Å². The fourth-order valence-corrected chi connectivity index (χ4v) is 3.50. The molecular weight excluding hydrogens is 318 g/mol. The summed E-state index contributed by atoms with van der Waals surface area (Å²) >= 11 is 0. The van der Waals surface area contributed by atoms with Gasteiger partial charge in [0.05, 0.1) is 0 Å². The summed E-state index contributed by atoms with van der Waals surface area (Å²) in [6, 6.07) is 24.8. The third-order valence-corrected chi connectivity index (χ3v) is 4.94. The molecule has 0 aromatic heterocycles. The van der Waals surface area contributed by atoms with Crippen LogP contribution in [0.4, 0.5) is 0 Å². The van der Waals surface area contributed by atoms with E-state index in [0.29, 0.717) is 12.3 Å². The molecular formula is C24H25NO. The number of benzene rings is 3. The molecule has 0 aliphatic carbocycles. The van der Waals surface area contributed by atoms with E-state index in [-0.39, 0.29) is 0 Å². The molecule has 0 saturated carbocycles. The van der Waals surface area contributed by atoms with Crippen molar-refractivity contribution in [3.05, 3.63) is 101 Å². The van der Waals surface area contributed by atoms with E-state index in [2.05, 4.69) is 49.2 Å². The molecule has 0 radical (unpaired) electrons. The Kier molecular flexibility index (Phi) is 5.22. The SMILES string of the molecule is CCN=Cc1cc(C)cc(C(C)(c2ccccc2)c2ccccc2)c1O. The first kappa shape index (κ1) is 17.9. The van der Waals surface area contributed by atoms with Crippen molar-refractivity contribution in [3.63, 3.8) is 0 Å². The topological polar surface area (TPSA) is 32.6 Å². The van der Waals surface area contributed by atoms with Crippen molar-refractivity contribution < 1.29 is 5.11 Å². The van der Waals surface area contributed by atoms with Crippen LogP contribution in [0.3, 0.4) is 0 Å². The smallest absolute Gasteiger partial charge is 0.128 e. The second-order valence-electron chi connectivity index (χ2n) is 6.74. The molecule has 3 aromatic rings. The van der Waals surface area contributed by atoms with Gasteiger partial charge >= 0.3 is 0 Å². The Morgan fingerprint density at radius 3 is 1.96 bits per heavy atom. The Balaban J connectivity index is 2.31. The predicted molar refractivity (Wildman–Crippen MR) is 109 cm³/mol. The largest absolute Gasteiger partial charge is 0.507 e. The first-order valence-electron chi connectivity index (χ1n) is 9.02. The summed E-state index contributed by atoms with van der Waals surface area (Å²) in [4.78, 5) is 4.33. The van der Waals surface area contributed by atoms with Crippen LogP contribution < -0.4 is 0 Å². The van der Waals surface area contributed by atoms with Gasteiger partial charge in [-0.1, -0.05) is 66.7 Å². The lowest BCUT2D eigenvalue weighted by Gasteiger charge is -2.33. The summed E-state index contributed by atoms with van der Waals surface area (Å²) < 4.78 is 0. The Morgan fingerprint density at radius 1 is 0.923 bits per heavy atom. The summed E-state index contributed by atoms with van der Waals surface area (Å²) in [6.07, 6.45) is 1.77. The molecule has 2 nitrogen and oxygen atoms in total. The lowest BCUT2D eigenvalue weighted by atomic mass is 9.70. The van der Waals surface area contributed by atoms with Crippen molar-refractivity contribution in [1.29, 1.82) is 0 Å². The average molecular weight is 343 g/mol. The summed E-state index contributed by atoms with van der Waals surface area (Å²) in [5, 5.41) is 11.1. The lowest BCUT2D eigenvalue weighted by molar-refractivity contribution is 0.456. The third-order valence-electron chi connectivity index (χ3n) is 4.94. The Bertz CT molecular complexity index is 859. The van der Waals surface area contributed by atoms with E-state index in [9.17, 15) is 5.11 Å². The fourth-order valence-electron chi connectivity index (χ4n) is 3.50. The van der Waals surface area contributed by atoms with E-state index >= 15 is 0 Å². The fraction of sp³-hybridized carbons (Fsp3) is 0.208. The molecule has 0 amide bonds. The number of phenols is 1. The highest BCUT2D eigenvalue weighted by atomic mass is 16.3. The third kappa shape index (κ3) is 3.28. The van der Waals surface area contributed by atoms with Gasteiger partial charge < -0.3 is 5.11 Å². The number of hydrogen-bond donors (Lipinski definition) is 1. The van der Waals surface area contributed by atoms with Crippen LogP contribution in [-0.2, 0) is 5.41 Å². The molecule has 0 fully saturated rings. The van der Waals surface area contributed by atoms with Crippen molar-refractivity contribution in [3.8, 4) is 5.75 Å². The number of phenolic OH excluding ortho intramolecular Hbond substituents is 1. The summed E-state index contributed by atoms with van der Waals surface area (Å²) in [7, 11) is 0. The lowest BCUT2D eigenvalue weighted by Crippen LogP contribution is -2.26. The summed E-state index contributed by atoms with van der Waals surface area (Å²) in [6.45, 7) is 6.91. The van der Waals surface area contributed by atoms with Crippen molar-refractivity contribution in [2.45, 2.75) is 26.2 Å². The monoisotopic (exact) mass is 343 g/mol. The molecule has 0 heterocycles. The van der Waals surface area contributed by atoms with Gasteiger partial charge in [0.1, 0.15) is 5.75 Å². The van der Waals surface area contributed by atoms with E-state index < -0.39 is 5.41 Å². The number of nitrogens with zero attached hydrogens (tertiary/aromatic N) is 1. The number of aromatic hydroxyl groups is 1. The molecule has 0 aliphatic rings. The van der Waals surface area contributed by atoms with Gasteiger partial charge in [-0.05, 0) is 43.5 Å². The van der Waals surface area contributed by atoms with E-state index in [1.807, 2.05) is 49.4 Å². The van der Waals surface area contributed by atoms with Gasteiger partial charge in [0, 0.05) is 29.3 Å². The molecule has 0 spiro atoms. The number of aliphatic imine (C=N–C) groups is 1. The summed E-state index contributed by atoms with van der Waals surface area (Å²) in [5.41, 5.74) is 4.59. The zero-order valence-corrected chi connectivity index (χ0v) is 15.6. The van der Waals surface area contributed by atoms with Crippen molar-refractivity contribution in [2.24, 2.45) is 4.99 Å². The summed E-state index contributed by atoms with van der Waals surface area (Å²) in [5.74, 6) is 0.294. The molecule has 0 atom stereocenters. The van der Waals surface area contributed by atoms with Gasteiger partial charge in [0.2, 0.25) is 0 Å². The normalized spacial score (nSPS) is 11.8. The Labute approximate surface area is 155 Å². The van der Waals surface area contributed by atoms with Crippen molar-refractivity contribution in [1.82, 2.24) is 0 Å². The highest BCUT2D eigenvalue weighted by molar-refractivity contribution is 5.85. The van der Waals surface area contributed by atoms with Crippen molar-refractivity contribution in [2.75, 3.05) is 6.54 Å². The predicted octanol–water partition coefficient (Wildman–Crippen LogP) is 5.49. The molecule has 3 rings (SSSR count). The molecule has 132 valence electrons. The van der Waals surface area contributed by atoms with Crippen LogP contribution in [0, 0.1) is 6.92 Å². The second kappa shape index (κ2) is 7.57. The van der Waals surface area contributed by atoms with Crippen LogP contribution in [0.25, 0.3) is 0 Å². The van der Waals surface area contributed by atoms with Gasteiger partial charge in [0.15, 0.2) is 0 Å². The maximum atomic E-state index is 11.1. The van der Waals surface area contributed by atoms with E-state index in [1.54, 1.807) is 6.21 Å². The molecule has 0 aliphatic heterocycles. The number of hydrogen-bond acceptors (Lipinski definition) is 2. The van der Waals surface area contributed by atoms with E-state index in [4.69, 9.17) is 0 Å². The van der Waals surface area contributed by atoms with E-state index in [1.165, 1.54) is 0 Å². The highest BCUT2D eigenvalue weighted by Crippen LogP contribution is 2.43. The second-order valence-corrected chi connectivity index (χ2v) is 6.74. The standard InChI is InChI=1S/C24H25NO/c1-4-25-17-19-15-18(2)16-22(23(19)26)24(3,20-11-7-5-8-12-20)21-13-9-6-10-14-21/h5-17,26H,4H2,1-3H3. The molecule has 0 bridgehead atoms. The van der Waals surface area contributed by atoms with Gasteiger partial charge in [-0.25, -0.2) is 0 Å². The zero-order valence-electron chi connectivity index (χ0n) is 15.6. The number of aryl methyl sites for hydroxylation is 1. The molecule has 0 saturated heterocycles. The molecule has 26 heavy (non-hydrogen) atoms. The van der Waals surface area contributed by atoms with Crippen LogP contribution in [0.5, 0.6) is 5.75 Å². The van der Waals surface area contributed by atoms with Gasteiger partial charge in [-0.3, -0.25) is 4.99 Å². The highest BCUT2D eigenvalue weighted by Gasteiger charge is 2.34. The number of rotatable bonds is 5. The van der Waals surface area contributed by atoms with Crippen molar-refractivity contribution >= 4 is 6.21 Å². The molecule has 3 aromatic carbocycles. The quantitative estimate of drug-likeness (QED) is 0.482. The zero-order chi connectivity index (χ0) is 18.6. The maximum absolute atomic E-state index is 11.1. The van der Waals surface area contributed by atoms with Crippen LogP contribution in [0.15, 0.2) is 77.8 Å². The molecule has 0 unspecified atom stereocenters. The first-order chi connectivity index (χ1) is 12.6. The molecule has 2 heteroatoms. The van der Waals surface area contributed by atoms with Crippen LogP contribution in [0.2, 0.25) is 0 Å². The molecule has 1 N–H and O–H groups in total. The van der Waals surface area contributed by atoms with Gasteiger partial charge in [-0.15, -0.1) is 0 Å².